The van der Waals surface area contributed by atoms with Crippen molar-refractivity contribution in [1.29, 1.82) is 0 Å². The third-order valence-electron chi connectivity index (χ3n) is 18.1. The fraction of sp³-hybridized carbons (Fsp3) is 0.333. The molecule has 9 aromatic rings. The molecule has 0 nitrogen and oxygen atoms in total. The van der Waals surface area contributed by atoms with Crippen molar-refractivity contribution in [1.82, 2.24) is 0 Å². The van der Waals surface area contributed by atoms with Crippen molar-refractivity contribution in [2.75, 3.05) is 0 Å². The van der Waals surface area contributed by atoms with Crippen molar-refractivity contribution in [2.24, 2.45) is 47.3 Å². The van der Waals surface area contributed by atoms with Crippen LogP contribution in [0.1, 0.15) is 87.2 Å². The van der Waals surface area contributed by atoms with Gasteiger partial charge in [-0.3, -0.25) is 0 Å². The fourth-order valence-electron chi connectivity index (χ4n) is 16.6. The number of rotatable bonds is 4. The summed E-state index contributed by atoms with van der Waals surface area (Å²) < 4.78 is 3.06. The molecule has 0 aliphatic heterocycles. The Hall–Kier alpha value is -4.68. The van der Waals surface area contributed by atoms with Gasteiger partial charge in [0.15, 0.2) is 0 Å². The van der Waals surface area contributed by atoms with Crippen molar-refractivity contribution in [3.63, 3.8) is 0 Å². The first-order valence-corrected chi connectivity index (χ1v) is 25.7. The Morgan fingerprint density at radius 3 is 1.18 bits per heavy atom. The summed E-state index contributed by atoms with van der Waals surface area (Å²) in [5, 5.41) is 14.8. The molecule has 0 atom stereocenters. The maximum absolute atomic E-state index is 2.61. The molecule has 0 N–H and O–H groups in total. The molecule has 8 aromatic carbocycles. The van der Waals surface area contributed by atoms with Crippen LogP contribution < -0.4 is 0 Å². The van der Waals surface area contributed by atoms with Gasteiger partial charge in [-0.1, -0.05) is 0 Å². The van der Waals surface area contributed by atoms with E-state index in [0.29, 0.717) is 11.8 Å². The van der Waals surface area contributed by atoms with Gasteiger partial charge in [-0.15, -0.1) is 0 Å². The molecule has 8 fully saturated rings. The van der Waals surface area contributed by atoms with Crippen LogP contribution in [0.3, 0.4) is 0 Å². The predicted molar refractivity (Wildman–Crippen MR) is 259 cm³/mol. The summed E-state index contributed by atoms with van der Waals surface area (Å²) in [6.45, 7) is 0. The Kier molecular flexibility index (Phi) is 7.39. The Balaban J connectivity index is 0.926. The van der Waals surface area contributed by atoms with Crippen molar-refractivity contribution < 1.29 is 0 Å². The van der Waals surface area contributed by atoms with Gasteiger partial charge in [0, 0.05) is 0 Å². The summed E-state index contributed by atoms with van der Waals surface area (Å²) in [6, 6.07) is 53.1. The van der Waals surface area contributed by atoms with Gasteiger partial charge in [0.1, 0.15) is 0 Å². The standard InChI is InChI=1S/C60H52Se/c1-5-14-46-42(10-1)56(43-11-2-6-15-47(43)59(46)54-38-24-33-22-34(26-38)27-39(54)25-33)37-20-21-50-53(32-37)61-52-19-9-18-51(58(50)52)57-44-12-3-7-16-48(44)60(49-17-8-4-13-45(49)57)55-40-28-35-23-36(30-40)31-41(55)29-35/h1-21,32-36,38-41,54-55H,22-31H2. The third kappa shape index (κ3) is 4.95. The number of fused-ring (bicyclic) bond motifs is 7. The molecule has 0 spiro atoms. The van der Waals surface area contributed by atoms with Crippen LogP contribution in [0.5, 0.6) is 0 Å². The van der Waals surface area contributed by atoms with Gasteiger partial charge in [-0.2, -0.15) is 0 Å². The van der Waals surface area contributed by atoms with Gasteiger partial charge in [0.25, 0.3) is 0 Å². The van der Waals surface area contributed by atoms with Gasteiger partial charge in [-0.25, -0.2) is 0 Å². The molecule has 17 rings (SSSR count). The van der Waals surface area contributed by atoms with E-state index in [0.717, 1.165) is 47.3 Å². The van der Waals surface area contributed by atoms with E-state index >= 15 is 0 Å². The van der Waals surface area contributed by atoms with E-state index in [1.165, 1.54) is 149 Å². The summed E-state index contributed by atoms with van der Waals surface area (Å²) in [6.07, 6.45) is 14.6. The van der Waals surface area contributed by atoms with Crippen LogP contribution >= 0.6 is 0 Å². The average molecular weight is 852 g/mol. The van der Waals surface area contributed by atoms with E-state index in [2.05, 4.69) is 133 Å². The van der Waals surface area contributed by atoms with Crippen molar-refractivity contribution in [2.45, 2.75) is 76.0 Å². The summed E-state index contributed by atoms with van der Waals surface area (Å²) in [5.41, 5.74) is 9.05. The molecule has 8 aliphatic rings. The number of benzene rings is 8. The van der Waals surface area contributed by atoms with Crippen LogP contribution in [0.4, 0.5) is 0 Å². The van der Waals surface area contributed by atoms with Crippen LogP contribution in [0, 0.1) is 47.3 Å². The van der Waals surface area contributed by atoms with Crippen molar-refractivity contribution in [3.05, 3.63) is 145 Å². The van der Waals surface area contributed by atoms with E-state index in [-0.39, 0.29) is 14.5 Å². The monoisotopic (exact) mass is 852 g/mol. The Bertz CT molecular complexity index is 3140. The average Bonchev–Trinajstić information content (AvgIpc) is 3.66. The zero-order valence-electron chi connectivity index (χ0n) is 35.0. The van der Waals surface area contributed by atoms with E-state index in [1.807, 2.05) is 0 Å². The normalized spacial score (nSPS) is 30.0. The summed E-state index contributed by atoms with van der Waals surface area (Å²) in [5.74, 6) is 8.72. The minimum atomic E-state index is 0.231. The molecular weight excluding hydrogens is 800 g/mol. The summed E-state index contributed by atoms with van der Waals surface area (Å²) >= 11 is 0.231. The van der Waals surface area contributed by atoms with Crippen LogP contribution in [0.2, 0.25) is 0 Å². The number of hydrogen-bond donors (Lipinski definition) is 0. The van der Waals surface area contributed by atoms with Crippen LogP contribution in [-0.2, 0) is 0 Å². The molecule has 8 aliphatic carbocycles. The Labute approximate surface area is 365 Å². The van der Waals surface area contributed by atoms with Crippen molar-refractivity contribution >= 4 is 76.9 Å². The Morgan fingerprint density at radius 2 is 0.738 bits per heavy atom. The zero-order chi connectivity index (χ0) is 39.5. The molecule has 298 valence electrons. The molecule has 1 heteroatoms. The van der Waals surface area contributed by atoms with E-state index in [4.69, 9.17) is 0 Å². The van der Waals surface area contributed by atoms with E-state index in [9.17, 15) is 0 Å². The molecule has 0 unspecified atom stereocenters. The topological polar surface area (TPSA) is 0 Å². The van der Waals surface area contributed by atoms with Crippen LogP contribution in [-0.4, -0.2) is 14.5 Å². The molecule has 0 radical (unpaired) electrons. The second-order valence-corrected chi connectivity index (χ2v) is 23.4. The van der Waals surface area contributed by atoms with Crippen LogP contribution in [0.15, 0.2) is 133 Å². The first-order chi connectivity index (χ1) is 30.2. The molecule has 8 saturated carbocycles. The molecule has 0 saturated heterocycles. The second-order valence-electron chi connectivity index (χ2n) is 21.2. The minimum absolute atomic E-state index is 0.231. The SMILES string of the molecule is c1cc(-c2c3ccccc3c(C3C4CC5CC(C4)CC3C5)c3ccccc23)c2c(c1)[se]c1cc(-c3c4ccccc4c(C4C5CC6CC(C5)CC4C6)c4ccccc34)ccc12. The predicted octanol–water partition coefficient (Wildman–Crippen LogP) is 16.1. The maximum atomic E-state index is 2.61. The second kappa shape index (κ2) is 12.9. The first-order valence-electron chi connectivity index (χ1n) is 24.0. The summed E-state index contributed by atoms with van der Waals surface area (Å²) in [4.78, 5) is 0. The molecule has 1 heterocycles. The van der Waals surface area contributed by atoms with E-state index < -0.39 is 0 Å². The van der Waals surface area contributed by atoms with Gasteiger partial charge in [-0.05, 0) is 0 Å². The number of hydrogen-bond acceptors (Lipinski definition) is 0. The van der Waals surface area contributed by atoms with Gasteiger partial charge < -0.3 is 0 Å². The molecule has 1 aromatic heterocycles. The molecule has 8 bridgehead atoms. The molecule has 0 amide bonds. The van der Waals surface area contributed by atoms with Gasteiger partial charge >= 0.3 is 367 Å². The quantitative estimate of drug-likeness (QED) is 0.122. The van der Waals surface area contributed by atoms with E-state index in [1.54, 1.807) is 11.1 Å². The molecule has 61 heavy (non-hydrogen) atoms. The Morgan fingerprint density at radius 1 is 0.328 bits per heavy atom. The fourth-order valence-corrected chi connectivity index (χ4v) is 19.1. The summed E-state index contributed by atoms with van der Waals surface area (Å²) in [7, 11) is 0. The first kappa shape index (κ1) is 34.9. The van der Waals surface area contributed by atoms with Crippen LogP contribution in [0.25, 0.3) is 84.6 Å². The van der Waals surface area contributed by atoms with Gasteiger partial charge in [0.05, 0.1) is 0 Å². The zero-order valence-corrected chi connectivity index (χ0v) is 36.7. The van der Waals surface area contributed by atoms with Gasteiger partial charge in [0.2, 0.25) is 0 Å². The van der Waals surface area contributed by atoms with Crippen molar-refractivity contribution in [3.8, 4) is 22.3 Å². The molecular formula is C60H52Se. The third-order valence-corrected chi connectivity index (χ3v) is 20.5.